The van der Waals surface area contributed by atoms with E-state index in [0.29, 0.717) is 19.3 Å². The Bertz CT molecular complexity index is 875. The number of hydrogen-bond acceptors (Lipinski definition) is 8. The summed E-state index contributed by atoms with van der Waals surface area (Å²) < 4.78 is 22.8. The van der Waals surface area contributed by atoms with Crippen LogP contribution in [0.2, 0.25) is 0 Å². The van der Waals surface area contributed by atoms with Crippen LogP contribution >= 0.6 is 0 Å². The smallest absolute Gasteiger partial charge is 0.339 e. The SMILES string of the molecule is CC(=O)O[C@H]1CC/C(C)=C/[C@H]2OC(=O)[C@H]3O[C@@]32[C@@H](O)[C@@H]2C(C)=CC[C@@H](OC(C)=O)[C@@]12C. The first-order chi connectivity index (χ1) is 14.5. The molecule has 170 valence electrons. The van der Waals surface area contributed by atoms with E-state index in [1.165, 1.54) is 13.8 Å². The number of rotatable bonds is 2. The minimum Gasteiger partial charge on any atom is -0.462 e. The molecule has 0 aromatic heterocycles. The van der Waals surface area contributed by atoms with Gasteiger partial charge in [-0.05, 0) is 32.8 Å². The van der Waals surface area contributed by atoms with Crippen molar-refractivity contribution in [2.75, 3.05) is 0 Å². The predicted molar refractivity (Wildman–Crippen MR) is 108 cm³/mol. The lowest BCUT2D eigenvalue weighted by molar-refractivity contribution is -0.190. The highest BCUT2D eigenvalue weighted by Crippen LogP contribution is 2.59. The lowest BCUT2D eigenvalue weighted by atomic mass is 9.57. The highest BCUT2D eigenvalue weighted by molar-refractivity contribution is 5.84. The first-order valence-corrected chi connectivity index (χ1v) is 10.8. The van der Waals surface area contributed by atoms with Gasteiger partial charge in [-0.15, -0.1) is 0 Å². The zero-order valence-corrected chi connectivity index (χ0v) is 18.5. The normalized spacial score (nSPS) is 45.5. The van der Waals surface area contributed by atoms with Crippen LogP contribution in [0.5, 0.6) is 0 Å². The maximum absolute atomic E-state index is 12.3. The molecule has 2 fully saturated rings. The fraction of sp³-hybridized carbons (Fsp3) is 0.696. The molecular formula is C23H30O8. The van der Waals surface area contributed by atoms with Crippen LogP contribution < -0.4 is 0 Å². The molecule has 0 aromatic carbocycles. The van der Waals surface area contributed by atoms with Gasteiger partial charge in [0.25, 0.3) is 0 Å². The van der Waals surface area contributed by atoms with Crippen molar-refractivity contribution >= 4 is 17.9 Å². The van der Waals surface area contributed by atoms with Gasteiger partial charge >= 0.3 is 17.9 Å². The number of fused-ring (bicyclic) bond motifs is 1. The monoisotopic (exact) mass is 434 g/mol. The second-order valence-electron chi connectivity index (χ2n) is 9.43. The summed E-state index contributed by atoms with van der Waals surface area (Å²) in [5.74, 6) is -1.95. The Labute approximate surface area is 181 Å². The van der Waals surface area contributed by atoms with E-state index >= 15 is 0 Å². The van der Waals surface area contributed by atoms with Gasteiger partial charge in [-0.3, -0.25) is 9.59 Å². The maximum Gasteiger partial charge on any atom is 0.339 e. The van der Waals surface area contributed by atoms with E-state index in [0.717, 1.165) is 11.1 Å². The Kier molecular flexibility index (Phi) is 5.29. The summed E-state index contributed by atoms with van der Waals surface area (Å²) in [6.07, 6.45) is 1.35. The van der Waals surface area contributed by atoms with Crippen molar-refractivity contribution in [3.05, 3.63) is 23.3 Å². The Balaban J connectivity index is 1.87. The van der Waals surface area contributed by atoms with Crippen molar-refractivity contribution in [1.82, 2.24) is 0 Å². The van der Waals surface area contributed by atoms with Gasteiger partial charge < -0.3 is 24.1 Å². The average molecular weight is 434 g/mol. The lowest BCUT2D eigenvalue weighted by Gasteiger charge is -2.52. The Morgan fingerprint density at radius 2 is 1.81 bits per heavy atom. The molecule has 2 heterocycles. The second-order valence-corrected chi connectivity index (χ2v) is 9.43. The van der Waals surface area contributed by atoms with Crippen molar-refractivity contribution in [2.45, 2.75) is 90.0 Å². The van der Waals surface area contributed by atoms with Gasteiger partial charge in [0.1, 0.15) is 12.2 Å². The summed E-state index contributed by atoms with van der Waals surface area (Å²) in [6, 6.07) is 0. The van der Waals surface area contributed by atoms with Crippen molar-refractivity contribution in [2.24, 2.45) is 11.3 Å². The zero-order chi connectivity index (χ0) is 22.7. The van der Waals surface area contributed by atoms with Crippen LogP contribution in [-0.4, -0.2) is 59.1 Å². The fourth-order valence-corrected chi connectivity index (χ4v) is 5.85. The van der Waals surface area contributed by atoms with E-state index in [-0.39, 0.29) is 0 Å². The van der Waals surface area contributed by atoms with E-state index in [1.54, 1.807) is 0 Å². The Hall–Kier alpha value is -2.19. The third-order valence-corrected chi connectivity index (χ3v) is 7.41. The number of hydrogen-bond donors (Lipinski definition) is 1. The molecule has 4 rings (SSSR count). The number of ether oxygens (including phenoxy) is 4. The van der Waals surface area contributed by atoms with Crippen LogP contribution in [0.25, 0.3) is 0 Å². The van der Waals surface area contributed by atoms with Crippen molar-refractivity contribution in [1.29, 1.82) is 0 Å². The van der Waals surface area contributed by atoms with Gasteiger partial charge in [-0.25, -0.2) is 4.79 Å². The molecule has 1 spiro atoms. The van der Waals surface area contributed by atoms with E-state index in [1.807, 2.05) is 32.9 Å². The summed E-state index contributed by atoms with van der Waals surface area (Å²) in [5.41, 5.74) is -0.324. The number of esters is 3. The maximum atomic E-state index is 12.3. The molecule has 0 bridgehead atoms. The van der Waals surface area contributed by atoms with E-state index in [4.69, 9.17) is 18.9 Å². The van der Waals surface area contributed by atoms with Gasteiger partial charge in [-0.2, -0.15) is 0 Å². The molecule has 2 aliphatic carbocycles. The van der Waals surface area contributed by atoms with Crippen LogP contribution in [0.4, 0.5) is 0 Å². The van der Waals surface area contributed by atoms with E-state index in [2.05, 4.69) is 0 Å². The largest absolute Gasteiger partial charge is 0.462 e. The molecule has 8 nitrogen and oxygen atoms in total. The number of aliphatic hydroxyl groups excluding tert-OH is 1. The minimum atomic E-state index is -1.20. The van der Waals surface area contributed by atoms with Crippen molar-refractivity contribution < 1.29 is 38.4 Å². The number of aliphatic hydroxyl groups is 1. The number of carbonyl (C=O) groups is 3. The molecule has 0 saturated carbocycles. The van der Waals surface area contributed by atoms with Gasteiger partial charge in [0.2, 0.25) is 0 Å². The summed E-state index contributed by atoms with van der Waals surface area (Å²) in [5, 5.41) is 11.7. The fourth-order valence-electron chi connectivity index (χ4n) is 5.85. The number of carbonyl (C=O) groups excluding carboxylic acids is 3. The Morgan fingerprint density at radius 1 is 1.16 bits per heavy atom. The van der Waals surface area contributed by atoms with Gasteiger partial charge in [0.15, 0.2) is 17.8 Å². The molecule has 31 heavy (non-hydrogen) atoms. The average Bonchev–Trinajstić information content (AvgIpc) is 3.37. The van der Waals surface area contributed by atoms with Crippen molar-refractivity contribution in [3.8, 4) is 0 Å². The summed E-state index contributed by atoms with van der Waals surface area (Å²) in [6.45, 7) is 8.38. The first-order valence-electron chi connectivity index (χ1n) is 10.8. The highest BCUT2D eigenvalue weighted by atomic mass is 16.7. The third kappa shape index (κ3) is 3.31. The van der Waals surface area contributed by atoms with E-state index < -0.39 is 65.4 Å². The molecule has 8 heteroatoms. The molecular weight excluding hydrogens is 404 g/mol. The van der Waals surface area contributed by atoms with Crippen LogP contribution in [0, 0.1) is 11.3 Å². The van der Waals surface area contributed by atoms with Crippen LogP contribution in [-0.2, 0) is 33.3 Å². The minimum absolute atomic E-state index is 0.438. The highest BCUT2D eigenvalue weighted by Gasteiger charge is 2.78. The Morgan fingerprint density at radius 3 is 2.42 bits per heavy atom. The van der Waals surface area contributed by atoms with Gasteiger partial charge in [-0.1, -0.05) is 24.1 Å². The standard InChI is InChI=1S/C23H30O8/c1-11-6-8-15(28-13(3)24)22(5)16(29-14(4)25)9-7-12(2)18(22)19(26)23-17(10-11)30-21(27)20(23)31-23/h7,10,15-20,26H,6,8-9H2,1-5H3/b11-10+/t15-,16+,17+,18-,19-,20+,22+,23-/m0/s1. The zero-order valence-electron chi connectivity index (χ0n) is 18.5. The summed E-state index contributed by atoms with van der Waals surface area (Å²) in [7, 11) is 0. The van der Waals surface area contributed by atoms with Crippen LogP contribution in [0.1, 0.15) is 53.9 Å². The predicted octanol–water partition coefficient (Wildman–Crippen LogP) is 1.99. The van der Waals surface area contributed by atoms with Crippen molar-refractivity contribution in [3.63, 3.8) is 0 Å². The molecule has 2 aliphatic heterocycles. The quantitative estimate of drug-likeness (QED) is 0.304. The van der Waals surface area contributed by atoms with Crippen LogP contribution in [0.3, 0.4) is 0 Å². The molecule has 1 N–H and O–H groups in total. The molecule has 0 aromatic rings. The molecule has 0 amide bonds. The first kappa shape index (κ1) is 22.0. The number of epoxide rings is 1. The number of allylic oxidation sites excluding steroid dienone is 1. The molecule has 0 radical (unpaired) electrons. The lowest BCUT2D eigenvalue weighted by Crippen LogP contribution is -2.60. The van der Waals surface area contributed by atoms with E-state index in [9.17, 15) is 19.5 Å². The third-order valence-electron chi connectivity index (χ3n) is 7.41. The van der Waals surface area contributed by atoms with Crippen LogP contribution in [0.15, 0.2) is 23.3 Å². The van der Waals surface area contributed by atoms with Gasteiger partial charge in [0.05, 0.1) is 11.5 Å². The molecule has 0 unspecified atom stereocenters. The molecule has 8 atom stereocenters. The topological polar surface area (TPSA) is 112 Å². The summed E-state index contributed by atoms with van der Waals surface area (Å²) >= 11 is 0. The summed E-state index contributed by atoms with van der Waals surface area (Å²) in [4.78, 5) is 36.3. The van der Waals surface area contributed by atoms with Gasteiger partial charge in [0, 0.05) is 26.2 Å². The molecule has 2 saturated heterocycles. The molecule has 4 aliphatic rings. The second kappa shape index (κ2) is 7.45.